The molecular weight excluding hydrogens is 392 g/mol. The number of carbonyl (C=O) groups excluding carboxylic acids is 1. The van der Waals surface area contributed by atoms with Crippen LogP contribution in [0.1, 0.15) is 103 Å². The van der Waals surface area contributed by atoms with Crippen molar-refractivity contribution in [2.45, 2.75) is 114 Å². The second-order valence-corrected chi connectivity index (χ2v) is 12.2. The molecule has 5 nitrogen and oxygen atoms in total. The third-order valence-corrected chi connectivity index (χ3v) is 9.71. The van der Waals surface area contributed by atoms with Gasteiger partial charge in [0.25, 0.3) is 0 Å². The summed E-state index contributed by atoms with van der Waals surface area (Å²) in [4.78, 5) is 13.4. The van der Waals surface area contributed by atoms with Gasteiger partial charge in [-0.2, -0.15) is 0 Å². The first-order chi connectivity index (χ1) is 14.6. The summed E-state index contributed by atoms with van der Waals surface area (Å²) in [7, 11) is 0. The van der Waals surface area contributed by atoms with Gasteiger partial charge in [0.15, 0.2) is 11.0 Å². The molecule has 1 aromatic rings. The number of nitrogens with one attached hydrogen (secondary N) is 1. The number of rotatable bonds is 7. The molecule has 0 saturated heterocycles. The van der Waals surface area contributed by atoms with Gasteiger partial charge < -0.3 is 9.88 Å². The Balaban J connectivity index is 1.31. The van der Waals surface area contributed by atoms with Gasteiger partial charge in [0.1, 0.15) is 0 Å². The molecule has 0 aromatic carbocycles. The second kappa shape index (κ2) is 8.48. The first kappa shape index (κ1) is 20.8. The molecule has 1 N–H and O–H groups in total. The molecule has 6 rings (SSSR count). The molecule has 30 heavy (non-hydrogen) atoms. The quantitative estimate of drug-likeness (QED) is 0.580. The molecule has 5 saturated carbocycles. The minimum atomic E-state index is -0.0846. The van der Waals surface area contributed by atoms with E-state index in [0.29, 0.717) is 23.7 Å². The molecular formula is C24H38N4OS. The highest BCUT2D eigenvalue weighted by molar-refractivity contribution is 7.99. The Morgan fingerprint density at radius 1 is 1.10 bits per heavy atom. The van der Waals surface area contributed by atoms with Crippen LogP contribution in [-0.2, 0) is 11.3 Å². The zero-order valence-electron chi connectivity index (χ0n) is 18.7. The Kier molecular flexibility index (Phi) is 5.89. The number of hydrogen-bond acceptors (Lipinski definition) is 4. The molecule has 1 heterocycles. The zero-order valence-corrected chi connectivity index (χ0v) is 19.6. The SMILES string of the molecule is CC[C@H](C)Sc1nnc(CNC(=O)C23CC4CC(CC(C4)C2)C3)n1C1CCCCC1. The molecule has 1 amide bonds. The molecule has 0 spiro atoms. The summed E-state index contributed by atoms with van der Waals surface area (Å²) in [5.74, 6) is 3.66. The van der Waals surface area contributed by atoms with Crippen LogP contribution in [0, 0.1) is 23.2 Å². The van der Waals surface area contributed by atoms with Crippen molar-refractivity contribution in [3.8, 4) is 0 Å². The summed E-state index contributed by atoms with van der Waals surface area (Å²) in [5.41, 5.74) is -0.0846. The van der Waals surface area contributed by atoms with Gasteiger partial charge in [-0.15, -0.1) is 10.2 Å². The topological polar surface area (TPSA) is 59.8 Å². The van der Waals surface area contributed by atoms with Crippen LogP contribution in [-0.4, -0.2) is 25.9 Å². The molecule has 5 fully saturated rings. The van der Waals surface area contributed by atoms with Crippen LogP contribution in [0.25, 0.3) is 0 Å². The third-order valence-electron chi connectivity index (χ3n) is 8.48. The van der Waals surface area contributed by atoms with Crippen molar-refractivity contribution in [1.82, 2.24) is 20.1 Å². The smallest absolute Gasteiger partial charge is 0.226 e. The maximum Gasteiger partial charge on any atom is 0.226 e. The molecule has 166 valence electrons. The lowest BCUT2D eigenvalue weighted by atomic mass is 9.49. The molecule has 6 heteroatoms. The molecule has 1 aromatic heterocycles. The average Bonchev–Trinajstić information content (AvgIpc) is 3.13. The van der Waals surface area contributed by atoms with Crippen LogP contribution in [0.5, 0.6) is 0 Å². The summed E-state index contributed by atoms with van der Waals surface area (Å²) >= 11 is 1.84. The van der Waals surface area contributed by atoms with Gasteiger partial charge in [-0.25, -0.2) is 0 Å². The zero-order chi connectivity index (χ0) is 20.7. The highest BCUT2D eigenvalue weighted by Gasteiger charge is 2.54. The normalized spacial score (nSPS) is 34.3. The number of nitrogens with zero attached hydrogens (tertiary/aromatic N) is 3. The predicted molar refractivity (Wildman–Crippen MR) is 120 cm³/mol. The van der Waals surface area contributed by atoms with Crippen molar-refractivity contribution >= 4 is 17.7 Å². The van der Waals surface area contributed by atoms with Crippen LogP contribution in [0.3, 0.4) is 0 Å². The number of thioether (sulfide) groups is 1. The van der Waals surface area contributed by atoms with Crippen molar-refractivity contribution < 1.29 is 4.79 Å². The molecule has 0 aliphatic heterocycles. The lowest BCUT2D eigenvalue weighted by molar-refractivity contribution is -0.146. The number of amides is 1. The van der Waals surface area contributed by atoms with E-state index >= 15 is 0 Å². The van der Waals surface area contributed by atoms with Crippen LogP contribution < -0.4 is 5.32 Å². The van der Waals surface area contributed by atoms with E-state index in [2.05, 4.69) is 33.9 Å². The Hall–Kier alpha value is -1.04. The first-order valence-electron chi connectivity index (χ1n) is 12.4. The summed E-state index contributed by atoms with van der Waals surface area (Å²) < 4.78 is 2.38. The van der Waals surface area contributed by atoms with Gasteiger partial charge in [-0.1, -0.05) is 44.9 Å². The second-order valence-electron chi connectivity index (χ2n) is 10.8. The van der Waals surface area contributed by atoms with Crippen molar-refractivity contribution in [3.05, 3.63) is 5.82 Å². The summed E-state index contributed by atoms with van der Waals surface area (Å²) in [6.45, 7) is 5.02. The van der Waals surface area contributed by atoms with Crippen LogP contribution >= 0.6 is 11.8 Å². The number of carbonyl (C=O) groups is 1. The predicted octanol–water partition coefficient (Wildman–Crippen LogP) is 5.51. The van der Waals surface area contributed by atoms with Crippen LogP contribution in [0.15, 0.2) is 5.16 Å². The lowest BCUT2D eigenvalue weighted by Gasteiger charge is -2.55. The number of aromatic nitrogens is 3. The largest absolute Gasteiger partial charge is 0.348 e. The highest BCUT2D eigenvalue weighted by Crippen LogP contribution is 2.60. The lowest BCUT2D eigenvalue weighted by Crippen LogP contribution is -2.53. The average molecular weight is 431 g/mol. The Bertz CT molecular complexity index is 734. The van der Waals surface area contributed by atoms with E-state index in [4.69, 9.17) is 0 Å². The van der Waals surface area contributed by atoms with Crippen molar-refractivity contribution in [3.63, 3.8) is 0 Å². The van der Waals surface area contributed by atoms with Crippen molar-refractivity contribution in [2.75, 3.05) is 0 Å². The van der Waals surface area contributed by atoms with E-state index in [9.17, 15) is 4.79 Å². The van der Waals surface area contributed by atoms with Gasteiger partial charge in [-0.3, -0.25) is 4.79 Å². The Labute approximate surface area is 185 Å². The minimum absolute atomic E-state index is 0.0846. The summed E-state index contributed by atoms with van der Waals surface area (Å²) in [6.07, 6.45) is 14.9. The van der Waals surface area contributed by atoms with E-state index < -0.39 is 0 Å². The van der Waals surface area contributed by atoms with Crippen LogP contribution in [0.4, 0.5) is 0 Å². The minimum Gasteiger partial charge on any atom is -0.348 e. The van der Waals surface area contributed by atoms with Crippen molar-refractivity contribution in [1.29, 1.82) is 0 Å². The third kappa shape index (κ3) is 3.93. The summed E-state index contributed by atoms with van der Waals surface area (Å²) in [5, 5.41) is 14.1. The fourth-order valence-corrected chi connectivity index (χ4v) is 8.20. The Morgan fingerprint density at radius 3 is 2.33 bits per heavy atom. The van der Waals surface area contributed by atoms with Gasteiger partial charge in [0, 0.05) is 16.7 Å². The van der Waals surface area contributed by atoms with Crippen molar-refractivity contribution in [2.24, 2.45) is 23.2 Å². The number of hydrogen-bond donors (Lipinski definition) is 1. The molecule has 1 atom stereocenters. The van der Waals surface area contributed by atoms with Gasteiger partial charge in [0.05, 0.1) is 6.54 Å². The molecule has 0 radical (unpaired) electrons. The Morgan fingerprint density at radius 2 is 1.73 bits per heavy atom. The molecule has 5 aliphatic rings. The van der Waals surface area contributed by atoms with E-state index in [1.165, 1.54) is 51.4 Å². The first-order valence-corrected chi connectivity index (χ1v) is 13.3. The van der Waals surface area contributed by atoms with Crippen LogP contribution in [0.2, 0.25) is 0 Å². The van der Waals surface area contributed by atoms with E-state index in [0.717, 1.165) is 54.4 Å². The maximum absolute atomic E-state index is 13.4. The molecule has 0 unspecified atom stereocenters. The fraction of sp³-hybridized carbons (Fsp3) is 0.875. The van der Waals surface area contributed by atoms with E-state index in [1.54, 1.807) is 0 Å². The van der Waals surface area contributed by atoms with E-state index in [-0.39, 0.29) is 5.41 Å². The van der Waals surface area contributed by atoms with E-state index in [1.807, 2.05) is 11.8 Å². The monoisotopic (exact) mass is 430 g/mol. The maximum atomic E-state index is 13.4. The van der Waals surface area contributed by atoms with Gasteiger partial charge in [0.2, 0.25) is 5.91 Å². The fourth-order valence-electron chi connectivity index (χ4n) is 7.21. The summed E-state index contributed by atoms with van der Waals surface area (Å²) in [6, 6.07) is 0.492. The standard InChI is InChI=1S/C24H38N4OS/c1-3-16(2)30-23-27-26-21(28(23)20-7-5-4-6-8-20)15-25-22(29)24-12-17-9-18(13-24)11-19(10-17)14-24/h16-20H,3-15H2,1-2H3,(H,25,29)/t16-,17?,18?,19?,24?/m0/s1. The van der Waals surface area contributed by atoms with Gasteiger partial charge >= 0.3 is 0 Å². The highest BCUT2D eigenvalue weighted by atomic mass is 32.2. The van der Waals surface area contributed by atoms with Gasteiger partial charge in [-0.05, 0) is 75.5 Å². The molecule has 5 aliphatic carbocycles. The molecule has 4 bridgehead atoms.